The Bertz CT molecular complexity index is 692. The van der Waals surface area contributed by atoms with E-state index in [4.69, 9.17) is 0 Å². The van der Waals surface area contributed by atoms with Gasteiger partial charge in [0.25, 0.3) is 5.91 Å². The van der Waals surface area contributed by atoms with E-state index in [-0.39, 0.29) is 12.5 Å². The summed E-state index contributed by atoms with van der Waals surface area (Å²) in [4.78, 5) is 14.6. The van der Waals surface area contributed by atoms with Gasteiger partial charge in [0.1, 0.15) is 5.60 Å². The van der Waals surface area contributed by atoms with Crippen molar-refractivity contribution in [1.29, 1.82) is 0 Å². The monoisotopic (exact) mass is 347 g/mol. The molecule has 2 aromatic heterocycles. The highest BCUT2D eigenvalue weighted by molar-refractivity contribution is 7.14. The Balaban J connectivity index is 1.65. The number of nitrogens with one attached hydrogen (secondary N) is 1. The predicted molar refractivity (Wildman–Crippen MR) is 95.3 cm³/mol. The van der Waals surface area contributed by atoms with Gasteiger partial charge in [0, 0.05) is 23.7 Å². The highest BCUT2D eigenvalue weighted by Gasteiger charge is 2.26. The van der Waals surface area contributed by atoms with Crippen LogP contribution in [0.15, 0.2) is 18.5 Å². The van der Waals surface area contributed by atoms with Gasteiger partial charge in [-0.1, -0.05) is 12.8 Å². The molecule has 5 nitrogen and oxygen atoms in total. The second-order valence-electron chi connectivity index (χ2n) is 6.83. The molecule has 0 saturated carbocycles. The van der Waals surface area contributed by atoms with Gasteiger partial charge in [-0.15, -0.1) is 11.3 Å². The fraction of sp³-hybridized carbons (Fsp3) is 0.556. The lowest BCUT2D eigenvalue weighted by Crippen LogP contribution is -2.38. The molecule has 0 aliphatic heterocycles. The first kappa shape index (κ1) is 17.2. The van der Waals surface area contributed by atoms with E-state index in [1.807, 2.05) is 6.07 Å². The van der Waals surface area contributed by atoms with E-state index in [1.165, 1.54) is 36.1 Å². The van der Waals surface area contributed by atoms with E-state index in [2.05, 4.69) is 10.4 Å². The summed E-state index contributed by atoms with van der Waals surface area (Å²) >= 11 is 1.61. The van der Waals surface area contributed by atoms with Gasteiger partial charge in [0.15, 0.2) is 0 Å². The Labute approximate surface area is 146 Å². The van der Waals surface area contributed by atoms with Crippen molar-refractivity contribution in [2.24, 2.45) is 7.05 Å². The van der Waals surface area contributed by atoms with Crippen molar-refractivity contribution in [2.75, 3.05) is 6.54 Å². The number of hydrogen-bond donors (Lipinski definition) is 2. The summed E-state index contributed by atoms with van der Waals surface area (Å²) in [6, 6.07) is 2.04. The summed E-state index contributed by atoms with van der Waals surface area (Å²) in [7, 11) is 1.81. The second-order valence-corrected chi connectivity index (χ2v) is 7.97. The molecule has 0 radical (unpaired) electrons. The number of amides is 1. The molecule has 1 atom stereocenters. The molecular formula is C18H25N3O2S. The molecule has 2 heterocycles. The van der Waals surface area contributed by atoms with Crippen LogP contribution in [-0.2, 0) is 25.5 Å². The Morgan fingerprint density at radius 2 is 2.12 bits per heavy atom. The molecule has 24 heavy (non-hydrogen) atoms. The zero-order valence-corrected chi connectivity index (χ0v) is 15.2. The van der Waals surface area contributed by atoms with Crippen LogP contribution in [0.3, 0.4) is 0 Å². The molecule has 2 N–H and O–H groups in total. The fourth-order valence-corrected chi connectivity index (χ4v) is 4.27. The standard InChI is InChI=1S/C18H25N3O2S/c1-18(23,14-10-20-21(2)11-14)12-19-17(22)16-9-13-7-5-3-4-6-8-15(13)24-16/h9-11,23H,3-8,12H2,1-2H3,(H,19,22). The summed E-state index contributed by atoms with van der Waals surface area (Å²) in [5.74, 6) is -0.101. The van der Waals surface area contributed by atoms with Crippen molar-refractivity contribution < 1.29 is 9.90 Å². The van der Waals surface area contributed by atoms with Crippen LogP contribution in [0.2, 0.25) is 0 Å². The van der Waals surface area contributed by atoms with Crippen molar-refractivity contribution in [3.8, 4) is 0 Å². The quantitative estimate of drug-likeness (QED) is 0.894. The Hall–Kier alpha value is -1.66. The van der Waals surface area contributed by atoms with Gasteiger partial charge in [-0.25, -0.2) is 0 Å². The summed E-state index contributed by atoms with van der Waals surface area (Å²) in [5, 5.41) is 17.5. The number of hydrogen-bond acceptors (Lipinski definition) is 4. The lowest BCUT2D eigenvalue weighted by atomic mass is 9.99. The maximum absolute atomic E-state index is 12.5. The molecule has 1 amide bonds. The molecule has 0 spiro atoms. The molecule has 6 heteroatoms. The van der Waals surface area contributed by atoms with Gasteiger partial charge < -0.3 is 10.4 Å². The molecule has 0 aromatic carbocycles. The molecule has 130 valence electrons. The number of aryl methyl sites for hydroxylation is 3. The van der Waals surface area contributed by atoms with Gasteiger partial charge in [-0.05, 0) is 44.2 Å². The minimum atomic E-state index is -1.13. The summed E-state index contributed by atoms with van der Waals surface area (Å²) in [5.41, 5.74) is 0.906. The van der Waals surface area contributed by atoms with Crippen molar-refractivity contribution >= 4 is 17.2 Å². The molecule has 1 aliphatic carbocycles. The van der Waals surface area contributed by atoms with E-state index in [1.54, 1.807) is 42.4 Å². The van der Waals surface area contributed by atoms with E-state index in [0.29, 0.717) is 5.56 Å². The number of nitrogens with zero attached hydrogens (tertiary/aromatic N) is 2. The van der Waals surface area contributed by atoms with Crippen LogP contribution < -0.4 is 5.32 Å². The van der Waals surface area contributed by atoms with E-state index in [0.717, 1.165) is 17.7 Å². The summed E-state index contributed by atoms with van der Waals surface area (Å²) in [6.07, 6.45) is 10.5. The van der Waals surface area contributed by atoms with Crippen molar-refractivity contribution in [3.05, 3.63) is 39.3 Å². The number of thiophene rings is 1. The van der Waals surface area contributed by atoms with Crippen LogP contribution >= 0.6 is 11.3 Å². The molecule has 0 bridgehead atoms. The number of rotatable bonds is 4. The highest BCUT2D eigenvalue weighted by Crippen LogP contribution is 2.28. The number of aromatic nitrogens is 2. The number of aliphatic hydroxyl groups is 1. The Morgan fingerprint density at radius 1 is 1.38 bits per heavy atom. The van der Waals surface area contributed by atoms with E-state index in [9.17, 15) is 9.90 Å². The van der Waals surface area contributed by atoms with Crippen LogP contribution in [0.25, 0.3) is 0 Å². The van der Waals surface area contributed by atoms with Crippen LogP contribution in [0, 0.1) is 0 Å². The maximum Gasteiger partial charge on any atom is 0.261 e. The van der Waals surface area contributed by atoms with Gasteiger partial charge >= 0.3 is 0 Å². The Kier molecular flexibility index (Phi) is 5.06. The van der Waals surface area contributed by atoms with Crippen LogP contribution in [0.4, 0.5) is 0 Å². The first-order valence-corrected chi connectivity index (χ1v) is 9.39. The Morgan fingerprint density at radius 3 is 2.83 bits per heavy atom. The maximum atomic E-state index is 12.5. The van der Waals surface area contributed by atoms with Gasteiger partial charge in [-0.2, -0.15) is 5.10 Å². The SMILES string of the molecule is Cn1cc(C(C)(O)CNC(=O)c2cc3c(s2)CCCCCC3)cn1. The topological polar surface area (TPSA) is 67.2 Å². The van der Waals surface area contributed by atoms with Crippen molar-refractivity contribution in [3.63, 3.8) is 0 Å². The number of fused-ring (bicyclic) bond motifs is 1. The highest BCUT2D eigenvalue weighted by atomic mass is 32.1. The largest absolute Gasteiger partial charge is 0.383 e. The zero-order chi connectivity index (χ0) is 17.2. The molecule has 0 fully saturated rings. The molecule has 0 saturated heterocycles. The van der Waals surface area contributed by atoms with Crippen LogP contribution in [0.5, 0.6) is 0 Å². The van der Waals surface area contributed by atoms with E-state index < -0.39 is 5.60 Å². The van der Waals surface area contributed by atoms with Gasteiger partial charge in [0.2, 0.25) is 0 Å². The van der Waals surface area contributed by atoms with Gasteiger partial charge in [-0.3, -0.25) is 9.48 Å². The molecule has 3 rings (SSSR count). The first-order chi connectivity index (χ1) is 11.5. The lowest BCUT2D eigenvalue weighted by molar-refractivity contribution is 0.0527. The minimum Gasteiger partial charge on any atom is -0.383 e. The fourth-order valence-electron chi connectivity index (χ4n) is 3.10. The van der Waals surface area contributed by atoms with Crippen molar-refractivity contribution in [1.82, 2.24) is 15.1 Å². The average Bonchev–Trinajstić information content (AvgIpc) is 3.12. The summed E-state index contributed by atoms with van der Waals surface area (Å²) < 4.78 is 1.64. The minimum absolute atomic E-state index is 0.101. The van der Waals surface area contributed by atoms with Crippen LogP contribution in [-0.4, -0.2) is 27.3 Å². The second kappa shape index (κ2) is 7.07. The van der Waals surface area contributed by atoms with Crippen LogP contribution in [0.1, 0.15) is 58.3 Å². The predicted octanol–water partition coefficient (Wildman–Crippen LogP) is 2.78. The molecule has 1 aliphatic rings. The number of carbonyl (C=O) groups excluding carboxylic acids is 1. The first-order valence-electron chi connectivity index (χ1n) is 8.57. The molecular weight excluding hydrogens is 322 g/mol. The third kappa shape index (κ3) is 3.87. The summed E-state index contributed by atoms with van der Waals surface area (Å²) in [6.45, 7) is 1.86. The number of carbonyl (C=O) groups is 1. The third-order valence-electron chi connectivity index (χ3n) is 4.64. The lowest BCUT2D eigenvalue weighted by Gasteiger charge is -2.22. The van der Waals surface area contributed by atoms with E-state index >= 15 is 0 Å². The van der Waals surface area contributed by atoms with Crippen molar-refractivity contribution in [2.45, 2.75) is 51.0 Å². The normalized spacial score (nSPS) is 17.5. The molecule has 1 unspecified atom stereocenters. The van der Waals surface area contributed by atoms with Gasteiger partial charge in [0.05, 0.1) is 17.6 Å². The average molecular weight is 347 g/mol. The zero-order valence-electron chi connectivity index (χ0n) is 14.3. The molecule has 2 aromatic rings. The third-order valence-corrected chi connectivity index (χ3v) is 5.88. The smallest absolute Gasteiger partial charge is 0.261 e.